The van der Waals surface area contributed by atoms with E-state index in [0.29, 0.717) is 20.8 Å². The first-order valence-electron chi connectivity index (χ1n) is 8.17. The molecule has 2 aromatic rings. The van der Waals surface area contributed by atoms with Crippen molar-refractivity contribution in [2.75, 3.05) is 48.5 Å². The van der Waals surface area contributed by atoms with Crippen LogP contribution in [0.5, 0.6) is 5.75 Å². The lowest BCUT2D eigenvalue weighted by molar-refractivity contribution is 0.315. The lowest BCUT2D eigenvalue weighted by Crippen LogP contribution is -2.44. The minimum Gasteiger partial charge on any atom is -0.487 e. The minimum atomic E-state index is -3.72. The normalized spacial score (nSPS) is 17.8. The van der Waals surface area contributed by atoms with Crippen LogP contribution in [0.3, 0.4) is 0 Å². The van der Waals surface area contributed by atoms with Gasteiger partial charge in [0.05, 0.1) is 22.3 Å². The highest BCUT2D eigenvalue weighted by atomic mass is 35.5. The molecule has 4 rings (SSSR count). The van der Waals surface area contributed by atoms with Crippen LogP contribution in [0.25, 0.3) is 0 Å². The fraction of sp³-hybridized carbons (Fsp3) is 0.375. The maximum atomic E-state index is 13.1. The van der Waals surface area contributed by atoms with Crippen molar-refractivity contribution < 1.29 is 13.2 Å². The molecule has 1 aromatic carbocycles. The van der Waals surface area contributed by atoms with Crippen molar-refractivity contribution in [1.29, 1.82) is 0 Å². The molecule has 2 aliphatic heterocycles. The molecule has 1 N–H and O–H groups in total. The Morgan fingerprint density at radius 3 is 2.50 bits per heavy atom. The van der Waals surface area contributed by atoms with Gasteiger partial charge in [0, 0.05) is 31.2 Å². The van der Waals surface area contributed by atoms with E-state index in [1.165, 1.54) is 10.4 Å². The maximum Gasteiger partial charge on any atom is 0.274 e. The summed E-state index contributed by atoms with van der Waals surface area (Å²) in [5.41, 5.74) is 1.31. The second kappa shape index (κ2) is 7.09. The van der Waals surface area contributed by atoms with E-state index >= 15 is 0 Å². The van der Waals surface area contributed by atoms with Gasteiger partial charge in [0.2, 0.25) is 0 Å². The molecular formula is C16H17Cl2N3O3S2. The van der Waals surface area contributed by atoms with Gasteiger partial charge in [0.15, 0.2) is 5.75 Å². The number of rotatable bonds is 3. The molecule has 0 amide bonds. The summed E-state index contributed by atoms with van der Waals surface area (Å²) in [6.07, 6.45) is 0. The Morgan fingerprint density at radius 2 is 1.81 bits per heavy atom. The third kappa shape index (κ3) is 3.25. The van der Waals surface area contributed by atoms with Crippen molar-refractivity contribution in [3.8, 4) is 5.75 Å². The molecule has 0 bridgehead atoms. The molecule has 6 nitrogen and oxygen atoms in total. The second-order valence-electron chi connectivity index (χ2n) is 5.99. The number of nitrogens with zero attached hydrogens (tertiary/aromatic N) is 2. The molecule has 0 spiro atoms. The molecule has 140 valence electrons. The van der Waals surface area contributed by atoms with E-state index in [1.807, 2.05) is 6.07 Å². The van der Waals surface area contributed by atoms with Crippen LogP contribution >= 0.6 is 34.5 Å². The first-order chi connectivity index (χ1) is 12.5. The second-order valence-corrected chi connectivity index (χ2v) is 10.2. The van der Waals surface area contributed by atoms with Crippen LogP contribution in [0, 0.1) is 0 Å². The highest BCUT2D eigenvalue weighted by Gasteiger charge is 2.34. The van der Waals surface area contributed by atoms with Crippen LogP contribution in [0.2, 0.25) is 9.36 Å². The van der Waals surface area contributed by atoms with Crippen molar-refractivity contribution in [1.82, 2.24) is 5.32 Å². The van der Waals surface area contributed by atoms with Gasteiger partial charge in [-0.1, -0.05) is 23.2 Å². The van der Waals surface area contributed by atoms with Crippen LogP contribution in [0.1, 0.15) is 0 Å². The van der Waals surface area contributed by atoms with Gasteiger partial charge in [-0.25, -0.2) is 8.42 Å². The summed E-state index contributed by atoms with van der Waals surface area (Å²) in [4.78, 5) is 2.17. The molecule has 10 heteroatoms. The van der Waals surface area contributed by atoms with Gasteiger partial charge in [-0.05, 0) is 24.3 Å². The predicted octanol–water partition coefficient (Wildman–Crippen LogP) is 3.05. The van der Waals surface area contributed by atoms with Gasteiger partial charge in [0.1, 0.15) is 10.8 Å². The maximum absolute atomic E-state index is 13.1. The summed E-state index contributed by atoms with van der Waals surface area (Å²) in [6, 6.07) is 6.60. The SMILES string of the molecule is O=S(=O)(c1ccc(Cl)s1)N1CCOc2c(N3CCNCC3)cc(Cl)cc21. The summed E-state index contributed by atoms with van der Waals surface area (Å²) < 4.78 is 34.1. The zero-order valence-electron chi connectivity index (χ0n) is 13.7. The molecule has 0 unspecified atom stereocenters. The molecule has 0 aliphatic carbocycles. The van der Waals surface area contributed by atoms with Crippen LogP contribution in [0.15, 0.2) is 28.5 Å². The van der Waals surface area contributed by atoms with Crippen LogP contribution in [0.4, 0.5) is 11.4 Å². The number of thiophene rings is 1. The van der Waals surface area contributed by atoms with Crippen molar-refractivity contribution in [3.63, 3.8) is 0 Å². The quantitative estimate of drug-likeness (QED) is 0.805. The summed E-state index contributed by atoms with van der Waals surface area (Å²) in [6.45, 7) is 3.85. The third-order valence-electron chi connectivity index (χ3n) is 4.37. The van der Waals surface area contributed by atoms with Gasteiger partial charge < -0.3 is 15.0 Å². The molecule has 3 heterocycles. The van der Waals surface area contributed by atoms with Crippen molar-refractivity contribution in [2.24, 2.45) is 0 Å². The van der Waals surface area contributed by atoms with E-state index in [2.05, 4.69) is 10.2 Å². The highest BCUT2D eigenvalue weighted by molar-refractivity contribution is 7.94. The third-order valence-corrected chi connectivity index (χ3v) is 8.10. The highest BCUT2D eigenvalue weighted by Crippen LogP contribution is 2.45. The van der Waals surface area contributed by atoms with Crippen molar-refractivity contribution in [3.05, 3.63) is 33.6 Å². The van der Waals surface area contributed by atoms with Gasteiger partial charge >= 0.3 is 0 Å². The smallest absolute Gasteiger partial charge is 0.274 e. The average Bonchev–Trinajstić information content (AvgIpc) is 3.08. The van der Waals surface area contributed by atoms with E-state index < -0.39 is 10.0 Å². The Balaban J connectivity index is 1.80. The lowest BCUT2D eigenvalue weighted by atomic mass is 10.2. The molecule has 26 heavy (non-hydrogen) atoms. The zero-order valence-corrected chi connectivity index (χ0v) is 16.9. The number of sulfonamides is 1. The first-order valence-corrected chi connectivity index (χ1v) is 11.2. The van der Waals surface area contributed by atoms with Crippen molar-refractivity contribution >= 4 is 55.9 Å². The zero-order chi connectivity index (χ0) is 18.3. The summed E-state index contributed by atoms with van der Waals surface area (Å²) in [5, 5.41) is 3.78. The lowest BCUT2D eigenvalue weighted by Gasteiger charge is -2.36. The molecule has 0 radical (unpaired) electrons. The van der Waals surface area contributed by atoms with Gasteiger partial charge in [-0.3, -0.25) is 4.31 Å². The molecular weight excluding hydrogens is 417 g/mol. The number of nitrogens with one attached hydrogen (secondary N) is 1. The van der Waals surface area contributed by atoms with Crippen molar-refractivity contribution in [2.45, 2.75) is 4.21 Å². The van der Waals surface area contributed by atoms with Gasteiger partial charge in [-0.2, -0.15) is 0 Å². The van der Waals surface area contributed by atoms with E-state index in [-0.39, 0.29) is 17.4 Å². The molecule has 2 aliphatic rings. The summed E-state index contributed by atoms with van der Waals surface area (Å²) >= 11 is 13.3. The Labute approximate surface area is 166 Å². The standard InChI is InChI=1S/C16H17Cl2N3O3S2/c17-11-9-12(20-5-3-19-4-6-20)16-13(10-11)21(7-8-24-16)26(22,23)15-2-1-14(18)25-15/h1-2,9-10,19H,3-8H2. The number of piperazine rings is 1. The van der Waals surface area contributed by atoms with E-state index in [0.717, 1.165) is 43.2 Å². The molecule has 1 saturated heterocycles. The van der Waals surface area contributed by atoms with Gasteiger partial charge in [0.25, 0.3) is 10.0 Å². The topological polar surface area (TPSA) is 61.9 Å². The number of fused-ring (bicyclic) bond motifs is 1. The largest absolute Gasteiger partial charge is 0.487 e. The Bertz CT molecular complexity index is 927. The number of benzene rings is 1. The minimum absolute atomic E-state index is 0.207. The summed E-state index contributed by atoms with van der Waals surface area (Å²) in [5.74, 6) is 0.564. The number of hydrogen-bond donors (Lipinski definition) is 1. The number of halogens is 2. The van der Waals surface area contributed by atoms with E-state index in [4.69, 9.17) is 27.9 Å². The summed E-state index contributed by atoms with van der Waals surface area (Å²) in [7, 11) is -3.72. The fourth-order valence-electron chi connectivity index (χ4n) is 3.18. The number of anilines is 2. The Morgan fingerprint density at radius 1 is 1.08 bits per heavy atom. The molecule has 1 aromatic heterocycles. The Kier molecular flexibility index (Phi) is 4.96. The van der Waals surface area contributed by atoms with Crippen LogP contribution < -0.4 is 19.3 Å². The van der Waals surface area contributed by atoms with Crippen LogP contribution in [-0.2, 0) is 10.0 Å². The van der Waals surface area contributed by atoms with Gasteiger partial charge in [-0.15, -0.1) is 11.3 Å². The monoisotopic (exact) mass is 433 g/mol. The van der Waals surface area contributed by atoms with E-state index in [9.17, 15) is 8.42 Å². The number of hydrogen-bond acceptors (Lipinski definition) is 6. The molecule has 1 fully saturated rings. The fourth-order valence-corrected chi connectivity index (χ4v) is 6.43. The van der Waals surface area contributed by atoms with E-state index in [1.54, 1.807) is 12.1 Å². The first kappa shape index (κ1) is 18.2. The molecule has 0 atom stereocenters. The number of ether oxygens (including phenoxy) is 1. The molecule has 0 saturated carbocycles. The Hall–Kier alpha value is -1.19. The predicted molar refractivity (Wildman–Crippen MR) is 106 cm³/mol. The van der Waals surface area contributed by atoms with Crippen LogP contribution in [-0.4, -0.2) is 47.7 Å². The average molecular weight is 434 g/mol.